The molecule has 0 heterocycles. The van der Waals surface area contributed by atoms with Gasteiger partial charge in [-0.15, -0.1) is 0 Å². The molecule has 0 bridgehead atoms. The van der Waals surface area contributed by atoms with Crippen LogP contribution < -0.4 is 16.2 Å². The Hall–Kier alpha value is -1.12. The van der Waals surface area contributed by atoms with Crippen molar-refractivity contribution in [2.45, 2.75) is 20.3 Å². The van der Waals surface area contributed by atoms with Crippen LogP contribution in [-0.2, 0) is 0 Å². The van der Waals surface area contributed by atoms with Gasteiger partial charge < -0.3 is 5.32 Å². The molecule has 1 N–H and O–H groups in total. The molecule has 0 spiro atoms. The maximum absolute atomic E-state index is 10.8. The number of nitrogens with one attached hydrogen (secondary N) is 1. The van der Waals surface area contributed by atoms with Gasteiger partial charge in [0.15, 0.2) is 0 Å². The molecule has 11 heavy (non-hydrogen) atoms. The van der Waals surface area contributed by atoms with Gasteiger partial charge in [0.05, 0.1) is 5.69 Å². The number of rotatable bonds is 3. The maximum Gasteiger partial charge on any atom is 0.249 e. The van der Waals surface area contributed by atoms with Crippen molar-refractivity contribution in [3.05, 3.63) is 26.0 Å². The van der Waals surface area contributed by atoms with Gasteiger partial charge in [-0.05, 0) is 13.3 Å². The summed E-state index contributed by atoms with van der Waals surface area (Å²) in [4.78, 5) is 21.5. The second-order valence-electron chi connectivity index (χ2n) is 2.59. The van der Waals surface area contributed by atoms with Crippen LogP contribution in [-0.4, -0.2) is 6.54 Å². The zero-order chi connectivity index (χ0) is 8.43. The predicted octanol–water partition coefficient (Wildman–Crippen LogP) is 0.413. The highest BCUT2D eigenvalue weighted by molar-refractivity contribution is 5.55. The first-order chi connectivity index (χ1) is 5.18. The van der Waals surface area contributed by atoms with Crippen LogP contribution in [0.15, 0.2) is 9.59 Å². The Balaban J connectivity index is 2.75. The molecule has 0 radical (unpaired) electrons. The van der Waals surface area contributed by atoms with Gasteiger partial charge in [0.2, 0.25) is 10.9 Å². The highest BCUT2D eigenvalue weighted by Gasteiger charge is 2.14. The highest BCUT2D eigenvalue weighted by Crippen LogP contribution is 2.04. The van der Waals surface area contributed by atoms with Crippen molar-refractivity contribution in [1.82, 2.24) is 0 Å². The lowest BCUT2D eigenvalue weighted by molar-refractivity contribution is 0.969. The van der Waals surface area contributed by atoms with E-state index in [2.05, 4.69) is 5.32 Å². The first-order valence-corrected chi connectivity index (χ1v) is 3.72. The van der Waals surface area contributed by atoms with Crippen molar-refractivity contribution in [2.24, 2.45) is 0 Å². The monoisotopic (exact) mass is 153 g/mol. The lowest BCUT2D eigenvalue weighted by atomic mass is 10.1. The third kappa shape index (κ3) is 1.18. The van der Waals surface area contributed by atoms with Crippen LogP contribution in [0.4, 0.5) is 5.69 Å². The van der Waals surface area contributed by atoms with Crippen LogP contribution in [0.25, 0.3) is 0 Å². The Morgan fingerprint density at radius 3 is 2.36 bits per heavy atom. The molecule has 0 atom stereocenters. The Kier molecular flexibility index (Phi) is 2.08. The Morgan fingerprint density at radius 1 is 1.27 bits per heavy atom. The third-order valence-corrected chi connectivity index (χ3v) is 1.70. The van der Waals surface area contributed by atoms with E-state index in [1.165, 1.54) is 0 Å². The average molecular weight is 153 g/mol. The zero-order valence-corrected chi connectivity index (χ0v) is 6.73. The van der Waals surface area contributed by atoms with Gasteiger partial charge in [0.25, 0.3) is 0 Å². The average Bonchev–Trinajstić information content (AvgIpc) is 2.04. The van der Waals surface area contributed by atoms with Gasteiger partial charge in [-0.25, -0.2) is 0 Å². The molecule has 0 aliphatic carbocycles. The van der Waals surface area contributed by atoms with Crippen LogP contribution >= 0.6 is 0 Å². The summed E-state index contributed by atoms with van der Waals surface area (Å²) < 4.78 is 0. The lowest BCUT2D eigenvalue weighted by Gasteiger charge is -2.07. The largest absolute Gasteiger partial charge is 0.381 e. The van der Waals surface area contributed by atoms with E-state index < -0.39 is 0 Å². The molecule has 3 nitrogen and oxygen atoms in total. The van der Waals surface area contributed by atoms with Crippen LogP contribution in [0, 0.1) is 6.92 Å². The van der Waals surface area contributed by atoms with Crippen molar-refractivity contribution >= 4 is 5.69 Å². The highest BCUT2D eigenvalue weighted by atomic mass is 16.2. The second-order valence-corrected chi connectivity index (χ2v) is 2.59. The molecule has 0 amide bonds. The first kappa shape index (κ1) is 7.98. The molecular weight excluding hydrogens is 142 g/mol. The molecular formula is C8H11NO2. The van der Waals surface area contributed by atoms with E-state index in [0.29, 0.717) is 11.3 Å². The molecule has 0 fully saturated rings. The van der Waals surface area contributed by atoms with Gasteiger partial charge in [-0.3, -0.25) is 9.59 Å². The van der Waals surface area contributed by atoms with Gasteiger partial charge >= 0.3 is 0 Å². The summed E-state index contributed by atoms with van der Waals surface area (Å²) >= 11 is 0. The van der Waals surface area contributed by atoms with E-state index in [1.54, 1.807) is 6.92 Å². The van der Waals surface area contributed by atoms with Crippen molar-refractivity contribution in [1.29, 1.82) is 0 Å². The SMILES string of the molecule is CCCNc1c(C)c(=O)c1=O. The first-order valence-electron chi connectivity index (χ1n) is 3.72. The van der Waals surface area contributed by atoms with E-state index >= 15 is 0 Å². The molecule has 60 valence electrons. The molecule has 1 rings (SSSR count). The van der Waals surface area contributed by atoms with Crippen molar-refractivity contribution < 1.29 is 0 Å². The standard InChI is InChI=1S/C8H11NO2/c1-3-4-9-6-5(2)7(10)8(6)11/h9H,3-4H2,1-2H3. The number of anilines is 1. The summed E-state index contributed by atoms with van der Waals surface area (Å²) in [5, 5.41) is 2.91. The summed E-state index contributed by atoms with van der Waals surface area (Å²) in [6.45, 7) is 4.43. The van der Waals surface area contributed by atoms with E-state index in [-0.39, 0.29) is 10.9 Å². The number of hydrogen-bond donors (Lipinski definition) is 1. The minimum absolute atomic E-state index is 0.344. The van der Waals surface area contributed by atoms with Crippen LogP contribution in [0.1, 0.15) is 18.9 Å². The summed E-state index contributed by atoms with van der Waals surface area (Å²) in [7, 11) is 0. The zero-order valence-electron chi connectivity index (χ0n) is 6.73. The van der Waals surface area contributed by atoms with Crippen LogP contribution in [0.2, 0.25) is 0 Å². The lowest BCUT2D eigenvalue weighted by Crippen LogP contribution is -2.37. The van der Waals surface area contributed by atoms with Gasteiger partial charge in [0.1, 0.15) is 0 Å². The molecule has 0 saturated carbocycles. The summed E-state index contributed by atoms with van der Waals surface area (Å²) in [5.41, 5.74) is 0.375. The van der Waals surface area contributed by atoms with E-state index in [4.69, 9.17) is 0 Å². The molecule has 0 saturated heterocycles. The minimum atomic E-state index is -0.365. The molecule has 0 aliphatic rings. The third-order valence-electron chi connectivity index (χ3n) is 1.70. The van der Waals surface area contributed by atoms with Gasteiger partial charge in [0, 0.05) is 12.1 Å². The fourth-order valence-corrected chi connectivity index (χ4v) is 0.968. The van der Waals surface area contributed by atoms with Crippen LogP contribution in [0.3, 0.4) is 0 Å². The maximum atomic E-state index is 10.8. The van der Waals surface area contributed by atoms with Crippen molar-refractivity contribution in [2.75, 3.05) is 11.9 Å². The van der Waals surface area contributed by atoms with E-state index in [0.717, 1.165) is 13.0 Å². The molecule has 3 heteroatoms. The normalized spacial score (nSPS) is 10.4. The molecule has 0 aliphatic heterocycles. The van der Waals surface area contributed by atoms with Gasteiger partial charge in [-0.1, -0.05) is 6.92 Å². The topological polar surface area (TPSA) is 46.2 Å². The van der Waals surface area contributed by atoms with Crippen molar-refractivity contribution in [3.63, 3.8) is 0 Å². The fraction of sp³-hybridized carbons (Fsp3) is 0.500. The molecule has 0 unspecified atom stereocenters. The molecule has 1 aromatic rings. The van der Waals surface area contributed by atoms with E-state index in [9.17, 15) is 9.59 Å². The van der Waals surface area contributed by atoms with Crippen LogP contribution in [0.5, 0.6) is 0 Å². The predicted molar refractivity (Wildman–Crippen MR) is 44.9 cm³/mol. The Labute approximate surface area is 64.7 Å². The smallest absolute Gasteiger partial charge is 0.249 e. The minimum Gasteiger partial charge on any atom is -0.381 e. The summed E-state index contributed by atoms with van der Waals surface area (Å²) in [6.07, 6.45) is 0.957. The Morgan fingerprint density at radius 2 is 1.91 bits per heavy atom. The second kappa shape index (κ2) is 2.86. The summed E-state index contributed by atoms with van der Waals surface area (Å²) in [5.74, 6) is 0. The molecule has 1 aromatic carbocycles. The summed E-state index contributed by atoms with van der Waals surface area (Å²) in [6, 6.07) is 0. The number of hydrogen-bond acceptors (Lipinski definition) is 3. The van der Waals surface area contributed by atoms with Crippen molar-refractivity contribution in [3.8, 4) is 0 Å². The molecule has 0 aromatic heterocycles. The fourth-order valence-electron chi connectivity index (χ4n) is 0.968. The van der Waals surface area contributed by atoms with Gasteiger partial charge in [-0.2, -0.15) is 0 Å². The quantitative estimate of drug-likeness (QED) is 0.640. The van der Waals surface area contributed by atoms with E-state index in [1.807, 2.05) is 6.92 Å². The Bertz CT molecular complexity index is 321.